The Morgan fingerprint density at radius 3 is 2.19 bits per heavy atom. The number of rotatable bonds is 7. The molecule has 0 spiro atoms. The summed E-state index contributed by atoms with van der Waals surface area (Å²) in [6, 6.07) is 16.9. The van der Waals surface area contributed by atoms with Crippen molar-refractivity contribution in [1.82, 2.24) is 15.0 Å². The Morgan fingerprint density at radius 2 is 1.50 bits per heavy atom. The molecular formula is C21H16ClFN6O2S. The molecule has 162 valence electrons. The van der Waals surface area contributed by atoms with Crippen LogP contribution in [0, 0.1) is 5.82 Å². The van der Waals surface area contributed by atoms with Gasteiger partial charge in [0.2, 0.25) is 0 Å². The Balaban J connectivity index is 1.44. The fourth-order valence-corrected chi connectivity index (χ4v) is 4.02. The van der Waals surface area contributed by atoms with Gasteiger partial charge in [-0.15, -0.1) is 0 Å². The molecule has 0 aliphatic rings. The van der Waals surface area contributed by atoms with E-state index in [1.807, 2.05) is 18.2 Å². The molecule has 11 heteroatoms. The van der Waals surface area contributed by atoms with Gasteiger partial charge >= 0.3 is 0 Å². The van der Waals surface area contributed by atoms with Crippen molar-refractivity contribution in [2.75, 3.05) is 15.4 Å². The van der Waals surface area contributed by atoms with E-state index in [1.54, 1.807) is 36.5 Å². The summed E-state index contributed by atoms with van der Waals surface area (Å²) in [6.45, 7) is 0. The van der Waals surface area contributed by atoms with Crippen molar-refractivity contribution in [3.63, 3.8) is 0 Å². The molecule has 32 heavy (non-hydrogen) atoms. The molecule has 0 aliphatic heterocycles. The molecule has 3 N–H and O–H groups in total. The van der Waals surface area contributed by atoms with E-state index in [2.05, 4.69) is 30.3 Å². The van der Waals surface area contributed by atoms with Gasteiger partial charge in [-0.05, 0) is 54.6 Å². The monoisotopic (exact) mass is 470 g/mol. The minimum absolute atomic E-state index is 0.139. The first-order valence-electron chi connectivity index (χ1n) is 9.24. The Morgan fingerprint density at radius 1 is 0.781 bits per heavy atom. The largest absolute Gasteiger partial charge is 0.340 e. The van der Waals surface area contributed by atoms with E-state index in [0.717, 1.165) is 18.2 Å². The number of hydrogen-bond donors (Lipinski definition) is 3. The van der Waals surface area contributed by atoms with Gasteiger partial charge in [0.15, 0.2) is 0 Å². The highest BCUT2D eigenvalue weighted by molar-refractivity contribution is 7.92. The van der Waals surface area contributed by atoms with E-state index < -0.39 is 15.8 Å². The van der Waals surface area contributed by atoms with Gasteiger partial charge in [0, 0.05) is 23.6 Å². The summed E-state index contributed by atoms with van der Waals surface area (Å²) in [5.74, 6) is 1.05. The first-order valence-corrected chi connectivity index (χ1v) is 11.1. The van der Waals surface area contributed by atoms with E-state index in [4.69, 9.17) is 11.6 Å². The van der Waals surface area contributed by atoms with E-state index >= 15 is 0 Å². The Kier molecular flexibility index (Phi) is 6.15. The van der Waals surface area contributed by atoms with Gasteiger partial charge in [-0.2, -0.15) is 0 Å². The lowest BCUT2D eigenvalue weighted by Gasteiger charge is -2.11. The highest BCUT2D eigenvalue weighted by Crippen LogP contribution is 2.24. The highest BCUT2D eigenvalue weighted by Gasteiger charge is 2.16. The maximum atomic E-state index is 13.3. The van der Waals surface area contributed by atoms with Crippen LogP contribution >= 0.6 is 11.6 Å². The number of nitrogens with zero attached hydrogens (tertiary/aromatic N) is 3. The number of aromatic nitrogens is 3. The molecule has 0 saturated heterocycles. The summed E-state index contributed by atoms with van der Waals surface area (Å²) in [4.78, 5) is 12.4. The summed E-state index contributed by atoms with van der Waals surface area (Å²) < 4.78 is 40.7. The maximum Gasteiger partial charge on any atom is 0.261 e. The number of benzene rings is 2. The van der Waals surface area contributed by atoms with Gasteiger partial charge in [-0.25, -0.2) is 27.8 Å². The predicted molar refractivity (Wildman–Crippen MR) is 121 cm³/mol. The predicted octanol–water partition coefficient (Wildman–Crippen LogP) is 4.95. The van der Waals surface area contributed by atoms with Crippen molar-refractivity contribution in [3.05, 3.63) is 90.1 Å². The molecule has 0 radical (unpaired) electrons. The summed E-state index contributed by atoms with van der Waals surface area (Å²) in [5, 5.41) is 5.92. The van der Waals surface area contributed by atoms with E-state index in [-0.39, 0.29) is 9.92 Å². The minimum Gasteiger partial charge on any atom is -0.340 e. The molecule has 0 atom stereocenters. The Hall–Kier alpha value is -3.76. The zero-order valence-electron chi connectivity index (χ0n) is 16.3. The van der Waals surface area contributed by atoms with Crippen molar-refractivity contribution in [2.24, 2.45) is 0 Å². The molecule has 0 amide bonds. The van der Waals surface area contributed by atoms with E-state index in [1.165, 1.54) is 6.33 Å². The normalized spacial score (nSPS) is 11.1. The van der Waals surface area contributed by atoms with Crippen molar-refractivity contribution in [1.29, 1.82) is 0 Å². The first kappa shape index (κ1) is 21.5. The van der Waals surface area contributed by atoms with Crippen LogP contribution in [0.1, 0.15) is 0 Å². The van der Waals surface area contributed by atoms with Crippen molar-refractivity contribution < 1.29 is 12.8 Å². The SMILES string of the molecule is O=S(=O)(Nc1ccc(Nc2cc(Nc3ccccn3)ncn2)cc1)c1ccc(F)c(Cl)c1. The third kappa shape index (κ3) is 5.29. The zero-order valence-corrected chi connectivity index (χ0v) is 17.9. The Bertz CT molecular complexity index is 1340. The molecule has 0 bridgehead atoms. The van der Waals surface area contributed by atoms with Crippen molar-refractivity contribution in [2.45, 2.75) is 4.90 Å². The third-order valence-corrected chi connectivity index (χ3v) is 5.87. The molecular weight excluding hydrogens is 455 g/mol. The van der Waals surface area contributed by atoms with Crippen molar-refractivity contribution >= 4 is 50.5 Å². The smallest absolute Gasteiger partial charge is 0.261 e. The standard InChI is InChI=1S/C21H16ClFN6O2S/c22-17-11-16(8-9-18(17)23)32(30,31)29-15-6-4-14(5-7-15)27-20-12-21(26-13-25-20)28-19-3-1-2-10-24-19/h1-13,29H,(H2,24,25,26,27,28). The molecule has 2 heterocycles. The molecule has 4 aromatic rings. The van der Waals surface area contributed by atoms with Crippen LogP contribution in [-0.4, -0.2) is 23.4 Å². The lowest BCUT2D eigenvalue weighted by molar-refractivity contribution is 0.599. The minimum atomic E-state index is -3.92. The number of halogens is 2. The molecule has 0 saturated carbocycles. The molecule has 4 rings (SSSR count). The van der Waals surface area contributed by atoms with Gasteiger partial charge in [-0.3, -0.25) is 4.72 Å². The summed E-state index contributed by atoms with van der Waals surface area (Å²) >= 11 is 5.68. The molecule has 2 aromatic carbocycles. The van der Waals surface area contributed by atoms with Gasteiger partial charge < -0.3 is 10.6 Å². The quantitative estimate of drug-likeness (QED) is 0.350. The molecule has 0 unspecified atom stereocenters. The number of anilines is 5. The average molecular weight is 471 g/mol. The molecule has 8 nitrogen and oxygen atoms in total. The maximum absolute atomic E-state index is 13.3. The lowest BCUT2D eigenvalue weighted by Crippen LogP contribution is -2.13. The van der Waals surface area contributed by atoms with Gasteiger partial charge in [0.25, 0.3) is 10.0 Å². The van der Waals surface area contributed by atoms with Crippen LogP contribution in [0.15, 0.2) is 84.1 Å². The van der Waals surface area contributed by atoms with Crippen LogP contribution in [0.4, 0.5) is 33.2 Å². The second-order valence-electron chi connectivity index (χ2n) is 6.51. The van der Waals surface area contributed by atoms with Crippen molar-refractivity contribution in [3.8, 4) is 0 Å². The summed E-state index contributed by atoms with van der Waals surface area (Å²) in [5.41, 5.74) is 1.01. The van der Waals surface area contributed by atoms with Crippen LogP contribution in [0.25, 0.3) is 0 Å². The zero-order chi connectivity index (χ0) is 22.6. The van der Waals surface area contributed by atoms with Gasteiger partial charge in [0.05, 0.1) is 9.92 Å². The number of nitrogens with one attached hydrogen (secondary N) is 3. The van der Waals surface area contributed by atoms with Crippen LogP contribution < -0.4 is 15.4 Å². The second kappa shape index (κ2) is 9.16. The van der Waals surface area contributed by atoms with Crippen LogP contribution in [0.2, 0.25) is 5.02 Å². The lowest BCUT2D eigenvalue weighted by atomic mass is 10.3. The van der Waals surface area contributed by atoms with Gasteiger partial charge in [0.1, 0.15) is 29.6 Å². The number of pyridine rings is 1. The fourth-order valence-electron chi connectivity index (χ4n) is 2.69. The fraction of sp³-hybridized carbons (Fsp3) is 0. The first-order chi connectivity index (χ1) is 15.4. The molecule has 0 fully saturated rings. The summed E-state index contributed by atoms with van der Waals surface area (Å²) in [6.07, 6.45) is 3.08. The van der Waals surface area contributed by atoms with Crippen LogP contribution in [-0.2, 0) is 10.0 Å². The third-order valence-electron chi connectivity index (χ3n) is 4.20. The molecule has 0 aliphatic carbocycles. The Labute approximate surface area is 188 Å². The highest BCUT2D eigenvalue weighted by atomic mass is 35.5. The number of hydrogen-bond acceptors (Lipinski definition) is 7. The van der Waals surface area contributed by atoms with E-state index in [0.29, 0.717) is 28.8 Å². The molecule has 2 aromatic heterocycles. The average Bonchev–Trinajstić information content (AvgIpc) is 2.78. The van der Waals surface area contributed by atoms with Crippen LogP contribution in [0.3, 0.4) is 0 Å². The van der Waals surface area contributed by atoms with E-state index in [9.17, 15) is 12.8 Å². The second-order valence-corrected chi connectivity index (χ2v) is 8.60. The van der Waals surface area contributed by atoms with Crippen LogP contribution in [0.5, 0.6) is 0 Å². The van der Waals surface area contributed by atoms with Gasteiger partial charge in [-0.1, -0.05) is 17.7 Å². The topological polar surface area (TPSA) is 109 Å². The number of sulfonamides is 1. The summed E-state index contributed by atoms with van der Waals surface area (Å²) in [7, 11) is -3.92.